The lowest BCUT2D eigenvalue weighted by atomic mass is 10.1. The Labute approximate surface area is 141 Å². The van der Waals surface area contributed by atoms with Crippen molar-refractivity contribution in [3.05, 3.63) is 57.6 Å². The van der Waals surface area contributed by atoms with E-state index in [1.54, 1.807) is 0 Å². The predicted octanol–water partition coefficient (Wildman–Crippen LogP) is 4.45. The van der Waals surface area contributed by atoms with Crippen LogP contribution in [0.25, 0.3) is 0 Å². The minimum Gasteiger partial charge on any atom is -0.396 e. The third-order valence-electron chi connectivity index (χ3n) is 2.89. The number of hydrogen-bond acceptors (Lipinski definition) is 2. The summed E-state index contributed by atoms with van der Waals surface area (Å²) in [6, 6.07) is 4.86. The van der Waals surface area contributed by atoms with E-state index in [2.05, 4.69) is 10.6 Å². The molecule has 2 amide bonds. The number of hydrogen-bond donors (Lipinski definition) is 3. The molecule has 0 radical (unpaired) electrons. The van der Waals surface area contributed by atoms with Crippen molar-refractivity contribution < 1.29 is 18.7 Å². The second kappa shape index (κ2) is 7.59. The average Bonchev–Trinajstić information content (AvgIpc) is 2.41. The van der Waals surface area contributed by atoms with Crippen LogP contribution in [-0.4, -0.2) is 17.7 Å². The zero-order valence-electron chi connectivity index (χ0n) is 11.7. The van der Waals surface area contributed by atoms with E-state index in [0.29, 0.717) is 27.4 Å². The molecule has 0 unspecified atom stereocenters. The molecule has 2 aromatic carbocycles. The zero-order chi connectivity index (χ0) is 17.0. The number of benzene rings is 2. The summed E-state index contributed by atoms with van der Waals surface area (Å²) >= 11 is 11.9. The summed E-state index contributed by atoms with van der Waals surface area (Å²) in [7, 11) is 0. The largest absolute Gasteiger partial charge is 0.396 e. The highest BCUT2D eigenvalue weighted by Gasteiger charge is 2.12. The lowest BCUT2D eigenvalue weighted by Crippen LogP contribution is -2.20. The molecule has 0 aliphatic carbocycles. The molecule has 0 atom stereocenters. The molecule has 0 aromatic heterocycles. The lowest BCUT2D eigenvalue weighted by molar-refractivity contribution is 0.262. The van der Waals surface area contributed by atoms with Crippen LogP contribution < -0.4 is 10.6 Å². The van der Waals surface area contributed by atoms with Gasteiger partial charge in [-0.05, 0) is 36.2 Å². The minimum atomic E-state index is -0.813. The number of carbonyl (C=O) groups is 1. The maximum Gasteiger partial charge on any atom is 0.323 e. The van der Waals surface area contributed by atoms with Gasteiger partial charge < -0.3 is 15.7 Å². The van der Waals surface area contributed by atoms with Crippen LogP contribution in [0, 0.1) is 11.6 Å². The highest BCUT2D eigenvalue weighted by molar-refractivity contribution is 6.35. The van der Waals surface area contributed by atoms with Crippen LogP contribution in [0.3, 0.4) is 0 Å². The van der Waals surface area contributed by atoms with Crippen LogP contribution >= 0.6 is 23.2 Å². The third kappa shape index (κ3) is 4.79. The Kier molecular flexibility index (Phi) is 5.76. The zero-order valence-corrected chi connectivity index (χ0v) is 13.2. The molecule has 0 saturated heterocycles. The van der Waals surface area contributed by atoms with Gasteiger partial charge in [-0.3, -0.25) is 0 Å². The van der Waals surface area contributed by atoms with E-state index >= 15 is 0 Å². The maximum atomic E-state index is 13.1. The first-order valence-electron chi connectivity index (χ1n) is 6.52. The number of amides is 2. The summed E-state index contributed by atoms with van der Waals surface area (Å²) in [5, 5.41) is 14.4. The number of aliphatic hydroxyl groups excluding tert-OH is 1. The molecule has 23 heavy (non-hydrogen) atoms. The monoisotopic (exact) mass is 360 g/mol. The van der Waals surface area contributed by atoms with E-state index < -0.39 is 17.7 Å². The minimum absolute atomic E-state index is 0.0446. The molecule has 0 fully saturated rings. The second-order valence-corrected chi connectivity index (χ2v) is 5.47. The van der Waals surface area contributed by atoms with Gasteiger partial charge >= 0.3 is 6.03 Å². The Morgan fingerprint density at radius 2 is 1.70 bits per heavy atom. The first kappa shape index (κ1) is 17.5. The highest BCUT2D eigenvalue weighted by atomic mass is 35.5. The van der Waals surface area contributed by atoms with Gasteiger partial charge in [-0.2, -0.15) is 0 Å². The molecular formula is C15H12Cl2F2N2O2. The molecule has 3 N–H and O–H groups in total. The van der Waals surface area contributed by atoms with Crippen molar-refractivity contribution in [3.8, 4) is 0 Å². The fourth-order valence-corrected chi connectivity index (χ4v) is 2.58. The molecule has 2 aromatic rings. The third-order valence-corrected chi connectivity index (χ3v) is 3.45. The van der Waals surface area contributed by atoms with Gasteiger partial charge in [-0.25, -0.2) is 13.6 Å². The maximum absolute atomic E-state index is 13.1. The summed E-state index contributed by atoms with van der Waals surface area (Å²) in [5.41, 5.74) is 0.752. The van der Waals surface area contributed by atoms with E-state index in [1.165, 1.54) is 12.1 Å². The fourth-order valence-electron chi connectivity index (χ4n) is 1.99. The normalized spacial score (nSPS) is 10.5. The molecule has 2 rings (SSSR count). The summed E-state index contributed by atoms with van der Waals surface area (Å²) in [4.78, 5) is 12.0. The van der Waals surface area contributed by atoms with Crippen molar-refractivity contribution in [2.45, 2.75) is 6.42 Å². The number of anilines is 2. The lowest BCUT2D eigenvalue weighted by Gasteiger charge is -2.13. The summed E-state index contributed by atoms with van der Waals surface area (Å²) < 4.78 is 26.2. The van der Waals surface area contributed by atoms with Crippen LogP contribution in [0.5, 0.6) is 0 Å². The van der Waals surface area contributed by atoms with Gasteiger partial charge in [0.2, 0.25) is 0 Å². The SMILES string of the molecule is O=C(Nc1cc(F)cc(F)c1)Nc1cc(Cl)cc(Cl)c1CCO. The van der Waals surface area contributed by atoms with Crippen molar-refractivity contribution in [3.63, 3.8) is 0 Å². The number of nitrogens with one attached hydrogen (secondary N) is 2. The van der Waals surface area contributed by atoms with Gasteiger partial charge in [-0.15, -0.1) is 0 Å². The fraction of sp³-hybridized carbons (Fsp3) is 0.133. The number of halogens is 4. The molecule has 0 heterocycles. The van der Waals surface area contributed by atoms with Crippen LogP contribution in [0.4, 0.5) is 25.0 Å². The molecule has 122 valence electrons. The van der Waals surface area contributed by atoms with E-state index in [0.717, 1.165) is 12.1 Å². The van der Waals surface area contributed by atoms with E-state index in [-0.39, 0.29) is 18.7 Å². The molecule has 0 spiro atoms. The van der Waals surface area contributed by atoms with Crippen molar-refractivity contribution >= 4 is 40.6 Å². The van der Waals surface area contributed by atoms with Crippen LogP contribution in [0.1, 0.15) is 5.56 Å². The van der Waals surface area contributed by atoms with Gasteiger partial charge in [0, 0.05) is 34.1 Å². The molecule has 0 bridgehead atoms. The van der Waals surface area contributed by atoms with Crippen molar-refractivity contribution in [2.75, 3.05) is 17.2 Å². The summed E-state index contributed by atoms with van der Waals surface area (Å²) in [6.45, 7) is -0.174. The van der Waals surface area contributed by atoms with Gasteiger partial charge in [-0.1, -0.05) is 23.2 Å². The molecular weight excluding hydrogens is 349 g/mol. The Hall–Kier alpha value is -1.89. The second-order valence-electron chi connectivity index (χ2n) is 4.62. The van der Waals surface area contributed by atoms with Gasteiger partial charge in [0.1, 0.15) is 11.6 Å². The first-order valence-corrected chi connectivity index (χ1v) is 7.27. The molecule has 8 heteroatoms. The average molecular weight is 361 g/mol. The van der Waals surface area contributed by atoms with Gasteiger partial charge in [0.15, 0.2) is 0 Å². The van der Waals surface area contributed by atoms with Crippen molar-refractivity contribution in [2.24, 2.45) is 0 Å². The standard InChI is InChI=1S/C15H12Cl2F2N2O2/c16-8-3-13(17)12(1-2-22)14(4-8)21-15(23)20-11-6-9(18)5-10(19)7-11/h3-7,22H,1-2H2,(H2,20,21,23). The smallest absolute Gasteiger partial charge is 0.323 e. The molecule has 0 saturated carbocycles. The van der Waals surface area contributed by atoms with Crippen molar-refractivity contribution in [1.82, 2.24) is 0 Å². The van der Waals surface area contributed by atoms with Crippen LogP contribution in [0.2, 0.25) is 10.0 Å². The first-order chi connectivity index (χ1) is 10.9. The van der Waals surface area contributed by atoms with Crippen LogP contribution in [0.15, 0.2) is 30.3 Å². The molecule has 0 aliphatic heterocycles. The molecule has 4 nitrogen and oxygen atoms in total. The Morgan fingerprint density at radius 1 is 1.04 bits per heavy atom. The highest BCUT2D eigenvalue weighted by Crippen LogP contribution is 2.29. The quantitative estimate of drug-likeness (QED) is 0.754. The van der Waals surface area contributed by atoms with Crippen LogP contribution in [-0.2, 0) is 6.42 Å². The Morgan fingerprint density at radius 3 is 2.30 bits per heavy atom. The number of aliphatic hydroxyl groups is 1. The molecule has 0 aliphatic rings. The van der Waals surface area contributed by atoms with Gasteiger partial charge in [0.05, 0.1) is 0 Å². The van der Waals surface area contributed by atoms with E-state index in [1.807, 2.05) is 0 Å². The number of urea groups is 1. The van der Waals surface area contributed by atoms with E-state index in [9.17, 15) is 13.6 Å². The Bertz CT molecular complexity index is 721. The summed E-state index contributed by atoms with van der Waals surface area (Å²) in [6.07, 6.45) is 0.209. The van der Waals surface area contributed by atoms with E-state index in [4.69, 9.17) is 28.3 Å². The van der Waals surface area contributed by atoms with Crippen molar-refractivity contribution in [1.29, 1.82) is 0 Å². The predicted molar refractivity (Wildman–Crippen MR) is 86.3 cm³/mol. The summed E-state index contributed by atoms with van der Waals surface area (Å²) in [5.74, 6) is -1.63. The topological polar surface area (TPSA) is 61.4 Å². The number of carbonyl (C=O) groups excluding carboxylic acids is 1. The van der Waals surface area contributed by atoms with Gasteiger partial charge in [0.25, 0.3) is 0 Å². The Balaban J connectivity index is 2.19. The number of rotatable bonds is 4.